The molecule has 1 nitrogen and oxygen atoms in total. The van der Waals surface area contributed by atoms with Crippen LogP contribution in [0.1, 0.15) is 6.42 Å². The average molecular weight is 1170 g/mol. The van der Waals surface area contributed by atoms with Crippen molar-refractivity contribution in [2.45, 2.75) is 54.1 Å². The molecule has 0 unspecified atom stereocenters. The van der Waals surface area contributed by atoms with Crippen molar-refractivity contribution in [1.82, 2.24) is 0 Å². The van der Waals surface area contributed by atoms with Crippen molar-refractivity contribution < 1.29 is 79.4 Å². The Morgan fingerprint density at radius 1 is 0.410 bits per heavy atom. The molecule has 0 spiro atoms. The number of alkyl halides is 17. The van der Waals surface area contributed by atoms with Crippen LogP contribution >= 0.6 is 113 Å². The third-order valence-corrected chi connectivity index (χ3v) is 14.0. The van der Waals surface area contributed by atoms with E-state index >= 15 is 0 Å². The smallest absolute Gasteiger partial charge is 0.460 e. The molecular weight excluding hydrogens is 1170 g/mol. The number of halogens is 22. The minimum atomic E-state index is -8.64. The molecule has 0 atom stereocenters. The van der Waals surface area contributed by atoms with Gasteiger partial charge in [-0.25, -0.2) is 0 Å². The number of benzene rings is 1. The quantitative estimate of drug-likeness (QED) is 0.0982. The van der Waals surface area contributed by atoms with Crippen molar-refractivity contribution in [3.05, 3.63) is 17.9 Å². The highest BCUT2D eigenvalue weighted by atomic mass is 127. The number of rotatable bonds is 10. The Bertz CT molecular complexity index is 1060. The predicted octanol–water partition coefficient (Wildman–Crippen LogP) is 10.5. The molecule has 1 aromatic rings. The van der Waals surface area contributed by atoms with E-state index in [2.05, 4.69) is 0 Å². The monoisotopic (exact) mass is 1170 g/mol. The van der Waals surface area contributed by atoms with E-state index in [0.29, 0.717) is 10.7 Å². The SMILES string of the molecule is FC(F)(F)C(F)(F)C(F)(F)C(F)(F)C(F)(F)C(F)(F)C(F)(F)C(F)(F)CCOc1c(I)c(I)c(I)c(I)c1I. The van der Waals surface area contributed by atoms with E-state index in [1.165, 1.54) is 0 Å². The maximum Gasteiger partial charge on any atom is 0.460 e. The van der Waals surface area contributed by atoms with Crippen LogP contribution < -0.4 is 4.74 Å². The molecule has 0 aliphatic carbocycles. The van der Waals surface area contributed by atoms with E-state index in [4.69, 9.17) is 4.74 Å². The normalized spacial score (nSPS) is 15.1. The second-order valence-corrected chi connectivity index (χ2v) is 12.5. The molecule has 0 fully saturated rings. The Morgan fingerprint density at radius 2 is 0.692 bits per heavy atom. The Balaban J connectivity index is 3.44. The van der Waals surface area contributed by atoms with Gasteiger partial charge in [-0.05, 0) is 113 Å². The molecule has 0 aliphatic rings. The summed E-state index contributed by atoms with van der Waals surface area (Å²) >= 11 is 8.57. The van der Waals surface area contributed by atoms with Gasteiger partial charge in [0.15, 0.2) is 0 Å². The average Bonchev–Trinajstić information content (AvgIpc) is 2.76. The van der Waals surface area contributed by atoms with Gasteiger partial charge in [-0.15, -0.1) is 0 Å². The van der Waals surface area contributed by atoms with Crippen molar-refractivity contribution in [3.63, 3.8) is 0 Å². The Morgan fingerprint density at radius 3 is 1.03 bits per heavy atom. The zero-order chi connectivity index (χ0) is 31.6. The molecule has 0 amide bonds. The summed E-state index contributed by atoms with van der Waals surface area (Å²) in [5.41, 5.74) is 0. The lowest BCUT2D eigenvalue weighted by molar-refractivity contribution is -0.461. The summed E-state index contributed by atoms with van der Waals surface area (Å²) in [4.78, 5) is 0. The lowest BCUT2D eigenvalue weighted by Crippen LogP contribution is -2.74. The maximum atomic E-state index is 14.1. The van der Waals surface area contributed by atoms with E-state index in [0.717, 1.165) is 0 Å². The maximum absolute atomic E-state index is 14.1. The fraction of sp³-hybridized carbons (Fsp3) is 0.625. The van der Waals surface area contributed by atoms with Crippen molar-refractivity contribution in [2.24, 2.45) is 0 Å². The molecule has 0 radical (unpaired) electrons. The lowest BCUT2D eigenvalue weighted by atomic mass is 9.88. The molecule has 0 N–H and O–H groups in total. The van der Waals surface area contributed by atoms with Gasteiger partial charge >= 0.3 is 47.6 Å². The highest BCUT2D eigenvalue weighted by Gasteiger charge is 2.95. The molecule has 0 aliphatic heterocycles. The first-order valence-corrected chi connectivity index (χ1v) is 14.1. The largest absolute Gasteiger partial charge is 0.491 e. The molecule has 0 saturated heterocycles. The molecular formula is C16H4F17I5O. The van der Waals surface area contributed by atoms with E-state index in [1.54, 1.807) is 90.4 Å². The van der Waals surface area contributed by atoms with E-state index in [-0.39, 0.29) is 12.9 Å². The number of ether oxygens (including phenoxy) is 1. The van der Waals surface area contributed by atoms with Crippen LogP contribution in [0.25, 0.3) is 0 Å². The first-order valence-electron chi connectivity index (χ1n) is 8.75. The molecule has 39 heavy (non-hydrogen) atoms. The summed E-state index contributed by atoms with van der Waals surface area (Å²) in [6.45, 7) is -1.69. The third kappa shape index (κ3) is 6.08. The summed E-state index contributed by atoms with van der Waals surface area (Å²) in [5.74, 6) is -56.7. The molecule has 23 heteroatoms. The van der Waals surface area contributed by atoms with Crippen molar-refractivity contribution >= 4 is 113 Å². The fourth-order valence-corrected chi connectivity index (χ4v) is 7.37. The second-order valence-electron chi connectivity index (χ2n) is 7.15. The molecule has 0 heterocycles. The Hall–Kier alpha value is 1.48. The lowest BCUT2D eigenvalue weighted by Gasteiger charge is -2.42. The first kappa shape index (κ1) is 38.5. The standard InChI is InChI=1S/C16H4F17I5O/c17-9(18,1-2-39-8-6(37)4(35)3(34)5(36)7(8)38)10(19,20)11(21,22)12(23,24)13(25,26)14(27,28)15(29,30)16(31,32)33/h1-2H2. The molecule has 1 aromatic carbocycles. The zero-order valence-corrected chi connectivity index (χ0v) is 27.9. The van der Waals surface area contributed by atoms with Crippen LogP contribution in [0.5, 0.6) is 5.75 Å². The molecule has 1 rings (SSSR count). The first-order chi connectivity index (χ1) is 16.9. The predicted molar refractivity (Wildman–Crippen MR) is 141 cm³/mol. The van der Waals surface area contributed by atoms with Crippen LogP contribution in [0, 0.1) is 17.9 Å². The van der Waals surface area contributed by atoms with Gasteiger partial charge in [-0.1, -0.05) is 0 Å². The van der Waals surface area contributed by atoms with Gasteiger partial charge in [0.25, 0.3) is 0 Å². The van der Waals surface area contributed by atoms with Gasteiger partial charge in [0, 0.05) is 10.7 Å². The number of hydrogen-bond acceptors (Lipinski definition) is 1. The topological polar surface area (TPSA) is 9.23 Å². The third-order valence-electron chi connectivity index (χ3n) is 4.62. The van der Waals surface area contributed by atoms with Crippen LogP contribution in [0.15, 0.2) is 0 Å². The van der Waals surface area contributed by atoms with Gasteiger partial charge in [0.1, 0.15) is 5.75 Å². The van der Waals surface area contributed by atoms with Crippen LogP contribution in [0.4, 0.5) is 74.6 Å². The van der Waals surface area contributed by atoms with Gasteiger partial charge in [0.2, 0.25) is 0 Å². The van der Waals surface area contributed by atoms with Crippen LogP contribution in [0.3, 0.4) is 0 Å². The van der Waals surface area contributed by atoms with Crippen LogP contribution in [-0.2, 0) is 0 Å². The van der Waals surface area contributed by atoms with Crippen molar-refractivity contribution in [2.75, 3.05) is 6.61 Å². The number of hydrogen-bond donors (Lipinski definition) is 0. The van der Waals surface area contributed by atoms with Crippen LogP contribution in [0.2, 0.25) is 0 Å². The van der Waals surface area contributed by atoms with Crippen molar-refractivity contribution in [1.29, 1.82) is 0 Å². The highest BCUT2D eigenvalue weighted by Crippen LogP contribution is 2.64. The molecule has 0 saturated carbocycles. The van der Waals surface area contributed by atoms with E-state index in [1.807, 2.05) is 22.6 Å². The summed E-state index contributed by atoms with van der Waals surface area (Å²) < 4.78 is 233. The summed E-state index contributed by atoms with van der Waals surface area (Å²) in [6.07, 6.45) is -10.4. The van der Waals surface area contributed by atoms with Gasteiger partial charge in [0.05, 0.1) is 20.2 Å². The summed E-state index contributed by atoms with van der Waals surface area (Å²) in [6, 6.07) is 0. The van der Waals surface area contributed by atoms with Gasteiger partial charge < -0.3 is 4.74 Å². The summed E-state index contributed by atoms with van der Waals surface area (Å²) in [7, 11) is 0. The van der Waals surface area contributed by atoms with Crippen molar-refractivity contribution in [3.8, 4) is 5.75 Å². The fourth-order valence-electron chi connectivity index (χ4n) is 2.35. The Kier molecular flexibility index (Phi) is 11.6. The molecule has 0 bridgehead atoms. The van der Waals surface area contributed by atoms with Gasteiger partial charge in [-0.3, -0.25) is 0 Å². The van der Waals surface area contributed by atoms with Crippen LogP contribution in [-0.4, -0.2) is 54.2 Å². The minimum absolute atomic E-state index is 0.182. The summed E-state index contributed by atoms with van der Waals surface area (Å²) in [5, 5.41) is 0. The van der Waals surface area contributed by atoms with Gasteiger partial charge in [-0.2, -0.15) is 74.6 Å². The van der Waals surface area contributed by atoms with E-state index in [9.17, 15) is 74.6 Å². The highest BCUT2D eigenvalue weighted by molar-refractivity contribution is 14.1. The zero-order valence-electron chi connectivity index (χ0n) is 17.1. The molecule has 0 aromatic heterocycles. The minimum Gasteiger partial charge on any atom is -0.491 e. The molecule has 228 valence electrons. The Labute approximate surface area is 273 Å². The second kappa shape index (κ2) is 11.8. The van der Waals surface area contributed by atoms with E-state index < -0.39 is 60.7 Å².